The highest BCUT2D eigenvalue weighted by Gasteiger charge is 2.18. The molecule has 3 aromatic rings. The quantitative estimate of drug-likeness (QED) is 0.404. The Kier molecular flexibility index (Phi) is 4.67. The van der Waals surface area contributed by atoms with Crippen molar-refractivity contribution in [3.63, 3.8) is 0 Å². The van der Waals surface area contributed by atoms with Gasteiger partial charge in [-0.3, -0.25) is 4.79 Å². The number of esters is 1. The highest BCUT2D eigenvalue weighted by molar-refractivity contribution is 5.89. The van der Waals surface area contributed by atoms with Gasteiger partial charge in [-0.1, -0.05) is 0 Å². The van der Waals surface area contributed by atoms with Gasteiger partial charge in [-0.2, -0.15) is 0 Å². The summed E-state index contributed by atoms with van der Waals surface area (Å²) in [7, 11) is 3.09. The average molecular weight is 354 g/mol. The van der Waals surface area contributed by atoms with E-state index in [1.54, 1.807) is 37.4 Å². The van der Waals surface area contributed by atoms with Gasteiger partial charge in [0.2, 0.25) is 0 Å². The lowest BCUT2D eigenvalue weighted by molar-refractivity contribution is -0.131. The minimum atomic E-state index is -0.501. The molecule has 0 fully saturated rings. The number of fused-ring (bicyclic) bond motifs is 1. The number of hydrogen-bond acceptors (Lipinski definition) is 6. The zero-order chi connectivity index (χ0) is 18.8. The molecular weight excluding hydrogens is 336 g/mol. The van der Waals surface area contributed by atoms with Gasteiger partial charge in [0.15, 0.2) is 0 Å². The molecule has 1 aromatic heterocycles. The Bertz CT molecular complexity index is 1050. The second-order valence-corrected chi connectivity index (χ2v) is 5.71. The third kappa shape index (κ3) is 3.13. The molecule has 0 amide bonds. The Morgan fingerprint density at radius 3 is 2.38 bits per heavy atom. The predicted molar refractivity (Wildman–Crippen MR) is 97.1 cm³/mol. The van der Waals surface area contributed by atoms with Crippen LogP contribution in [0.3, 0.4) is 0 Å². The second kappa shape index (κ2) is 6.92. The predicted octanol–water partition coefficient (Wildman–Crippen LogP) is 3.71. The Balaban J connectivity index is 2.22. The lowest BCUT2D eigenvalue weighted by Crippen LogP contribution is -2.07. The second-order valence-electron chi connectivity index (χ2n) is 5.71. The Morgan fingerprint density at radius 2 is 1.73 bits per heavy atom. The molecule has 0 aliphatic rings. The third-order valence-electron chi connectivity index (χ3n) is 4.08. The summed E-state index contributed by atoms with van der Waals surface area (Å²) in [6, 6.07) is 10.2. The molecule has 0 N–H and O–H groups in total. The summed E-state index contributed by atoms with van der Waals surface area (Å²) in [4.78, 5) is 23.8. The van der Waals surface area contributed by atoms with Gasteiger partial charge in [-0.15, -0.1) is 0 Å². The summed E-state index contributed by atoms with van der Waals surface area (Å²) in [5.74, 6) is 1.01. The van der Waals surface area contributed by atoms with Crippen molar-refractivity contribution in [1.82, 2.24) is 0 Å². The van der Waals surface area contributed by atoms with Crippen molar-refractivity contribution < 1.29 is 23.4 Å². The van der Waals surface area contributed by atoms with Gasteiger partial charge in [0.1, 0.15) is 22.8 Å². The van der Waals surface area contributed by atoms with Crippen molar-refractivity contribution in [2.75, 3.05) is 14.2 Å². The molecule has 6 nitrogen and oxygen atoms in total. The fraction of sp³-hybridized carbons (Fsp3) is 0.200. The van der Waals surface area contributed by atoms with E-state index < -0.39 is 11.6 Å². The molecule has 0 saturated carbocycles. The Morgan fingerprint density at radius 1 is 1.00 bits per heavy atom. The van der Waals surface area contributed by atoms with Gasteiger partial charge < -0.3 is 18.6 Å². The smallest absolute Gasteiger partial charge is 0.344 e. The van der Waals surface area contributed by atoms with E-state index in [2.05, 4.69) is 0 Å². The van der Waals surface area contributed by atoms with E-state index >= 15 is 0 Å². The van der Waals surface area contributed by atoms with Crippen LogP contribution in [0.15, 0.2) is 45.6 Å². The van der Waals surface area contributed by atoms with Gasteiger partial charge in [0, 0.05) is 30.0 Å². The molecule has 0 radical (unpaired) electrons. The van der Waals surface area contributed by atoms with Gasteiger partial charge in [0.05, 0.1) is 19.8 Å². The van der Waals surface area contributed by atoms with Crippen molar-refractivity contribution in [1.29, 1.82) is 0 Å². The first-order chi connectivity index (χ1) is 12.4. The van der Waals surface area contributed by atoms with Crippen molar-refractivity contribution >= 4 is 16.9 Å². The number of rotatable bonds is 4. The lowest BCUT2D eigenvalue weighted by atomic mass is 9.98. The molecule has 2 aromatic carbocycles. The molecule has 0 atom stereocenters. The lowest BCUT2D eigenvalue weighted by Gasteiger charge is -2.13. The molecule has 0 aliphatic carbocycles. The van der Waals surface area contributed by atoms with E-state index in [-0.39, 0.29) is 0 Å². The van der Waals surface area contributed by atoms with Crippen LogP contribution in [-0.4, -0.2) is 20.2 Å². The minimum absolute atomic E-state index is 0.322. The van der Waals surface area contributed by atoms with E-state index in [4.69, 9.17) is 18.6 Å². The maximum atomic E-state index is 12.6. The normalized spacial score (nSPS) is 10.6. The molecule has 0 unspecified atom stereocenters. The van der Waals surface area contributed by atoms with Crippen LogP contribution in [0.25, 0.3) is 22.1 Å². The Labute approximate surface area is 149 Å². The fourth-order valence-electron chi connectivity index (χ4n) is 2.88. The van der Waals surface area contributed by atoms with E-state index in [0.29, 0.717) is 34.0 Å². The molecule has 0 saturated heterocycles. The maximum absolute atomic E-state index is 12.6. The summed E-state index contributed by atoms with van der Waals surface area (Å²) in [6.45, 7) is 3.15. The van der Waals surface area contributed by atoms with E-state index in [9.17, 15) is 9.59 Å². The summed E-state index contributed by atoms with van der Waals surface area (Å²) in [5, 5.41) is 0.744. The van der Waals surface area contributed by atoms with E-state index in [1.807, 2.05) is 6.92 Å². The van der Waals surface area contributed by atoms with Crippen LogP contribution in [0.4, 0.5) is 0 Å². The van der Waals surface area contributed by atoms with E-state index in [1.165, 1.54) is 20.1 Å². The van der Waals surface area contributed by atoms with Crippen LogP contribution < -0.4 is 19.8 Å². The van der Waals surface area contributed by atoms with Crippen molar-refractivity contribution in [2.45, 2.75) is 13.8 Å². The first-order valence-corrected chi connectivity index (χ1v) is 7.93. The van der Waals surface area contributed by atoms with Crippen LogP contribution in [0.5, 0.6) is 17.2 Å². The molecule has 134 valence electrons. The van der Waals surface area contributed by atoms with Crippen LogP contribution in [0, 0.1) is 6.92 Å². The zero-order valence-electron chi connectivity index (χ0n) is 14.9. The summed E-state index contributed by atoms with van der Waals surface area (Å²) in [5.41, 5.74) is 1.62. The number of aryl methyl sites for hydroxylation is 1. The number of hydrogen-bond donors (Lipinski definition) is 0. The van der Waals surface area contributed by atoms with Crippen molar-refractivity contribution in [3.8, 4) is 28.4 Å². The maximum Gasteiger partial charge on any atom is 0.344 e. The number of carbonyl (C=O) groups is 1. The van der Waals surface area contributed by atoms with Crippen LogP contribution in [0.2, 0.25) is 0 Å². The number of carbonyl (C=O) groups excluding carboxylic acids is 1. The van der Waals surface area contributed by atoms with E-state index in [0.717, 1.165) is 10.9 Å². The first-order valence-electron chi connectivity index (χ1n) is 7.93. The molecule has 1 heterocycles. The standard InChI is InChI=1S/C20H18O6/c1-11-15-7-6-14(25-12(2)21)10-18(15)26-20(22)19(11)16-8-5-13(23-3)9-17(16)24-4/h5-10H,1-4H3. The Hall–Kier alpha value is -3.28. The van der Waals surface area contributed by atoms with Crippen LogP contribution in [-0.2, 0) is 4.79 Å². The summed E-state index contributed by atoms with van der Waals surface area (Å²) in [6.07, 6.45) is 0. The fourth-order valence-corrected chi connectivity index (χ4v) is 2.88. The molecule has 0 aliphatic heterocycles. The van der Waals surface area contributed by atoms with Crippen LogP contribution in [0.1, 0.15) is 12.5 Å². The van der Waals surface area contributed by atoms with Gasteiger partial charge >= 0.3 is 11.6 Å². The monoisotopic (exact) mass is 354 g/mol. The number of benzene rings is 2. The molecule has 3 rings (SSSR count). The van der Waals surface area contributed by atoms with Gasteiger partial charge in [-0.25, -0.2) is 4.79 Å². The van der Waals surface area contributed by atoms with Crippen molar-refractivity contribution in [3.05, 3.63) is 52.4 Å². The van der Waals surface area contributed by atoms with Crippen molar-refractivity contribution in [2.24, 2.45) is 0 Å². The number of methoxy groups -OCH3 is 2. The summed E-state index contributed by atoms with van der Waals surface area (Å²) >= 11 is 0. The zero-order valence-corrected chi connectivity index (χ0v) is 14.9. The first kappa shape index (κ1) is 17.5. The summed E-state index contributed by atoms with van der Waals surface area (Å²) < 4.78 is 21.1. The van der Waals surface area contributed by atoms with Crippen LogP contribution >= 0.6 is 0 Å². The molecule has 6 heteroatoms. The minimum Gasteiger partial charge on any atom is -0.497 e. The van der Waals surface area contributed by atoms with Gasteiger partial charge in [0.25, 0.3) is 0 Å². The third-order valence-corrected chi connectivity index (χ3v) is 4.08. The highest BCUT2D eigenvalue weighted by atomic mass is 16.5. The largest absolute Gasteiger partial charge is 0.497 e. The molecule has 0 spiro atoms. The van der Waals surface area contributed by atoms with Gasteiger partial charge in [-0.05, 0) is 36.8 Å². The average Bonchev–Trinajstić information content (AvgIpc) is 2.61. The molecule has 0 bridgehead atoms. The highest BCUT2D eigenvalue weighted by Crippen LogP contribution is 2.36. The molecule has 26 heavy (non-hydrogen) atoms. The number of ether oxygens (including phenoxy) is 3. The topological polar surface area (TPSA) is 75.0 Å². The SMILES string of the molecule is COc1ccc(-c2c(C)c3ccc(OC(C)=O)cc3oc2=O)c(OC)c1. The molecular formula is C20H18O6.